The first-order valence-electron chi connectivity index (χ1n) is 5.47. The molecule has 0 spiro atoms. The Morgan fingerprint density at radius 2 is 2.12 bits per heavy atom. The van der Waals surface area contributed by atoms with Crippen molar-refractivity contribution in [1.82, 2.24) is 9.78 Å². The van der Waals surface area contributed by atoms with Crippen molar-refractivity contribution >= 4 is 17.9 Å². The predicted octanol–water partition coefficient (Wildman–Crippen LogP) is 3.21. The molecule has 0 saturated heterocycles. The van der Waals surface area contributed by atoms with Gasteiger partial charge in [-0.15, -0.1) is 0 Å². The number of para-hydroxylation sites is 1. The molecule has 1 aromatic carbocycles. The standard InChI is InChI=1S/C13H13ClN2O/c1-3-11-10(8-17)13(14)16(15-11)12-7-5-4-6-9(12)2/h4-8H,3H2,1-2H3. The Morgan fingerprint density at radius 3 is 2.65 bits per heavy atom. The van der Waals surface area contributed by atoms with Crippen LogP contribution in [0.5, 0.6) is 0 Å². The Kier molecular flexibility index (Phi) is 3.29. The fourth-order valence-electron chi connectivity index (χ4n) is 1.79. The summed E-state index contributed by atoms with van der Waals surface area (Å²) >= 11 is 6.18. The second-order valence-electron chi connectivity index (χ2n) is 3.82. The predicted molar refractivity (Wildman–Crippen MR) is 68.1 cm³/mol. The number of halogens is 1. The highest BCUT2D eigenvalue weighted by molar-refractivity contribution is 6.32. The number of nitrogens with zero attached hydrogens (tertiary/aromatic N) is 2. The Balaban J connectivity index is 2.65. The van der Waals surface area contributed by atoms with Crippen molar-refractivity contribution in [3.05, 3.63) is 46.2 Å². The average Bonchev–Trinajstić information content (AvgIpc) is 2.66. The van der Waals surface area contributed by atoms with Crippen LogP contribution in [0.1, 0.15) is 28.5 Å². The van der Waals surface area contributed by atoms with Crippen molar-refractivity contribution < 1.29 is 4.79 Å². The second-order valence-corrected chi connectivity index (χ2v) is 4.18. The maximum atomic E-state index is 11.0. The topological polar surface area (TPSA) is 34.9 Å². The van der Waals surface area contributed by atoms with E-state index in [-0.39, 0.29) is 0 Å². The van der Waals surface area contributed by atoms with Crippen molar-refractivity contribution in [2.24, 2.45) is 0 Å². The molecule has 1 aromatic heterocycles. The first-order valence-corrected chi connectivity index (χ1v) is 5.85. The number of hydrogen-bond acceptors (Lipinski definition) is 2. The highest BCUT2D eigenvalue weighted by Gasteiger charge is 2.16. The fraction of sp³-hybridized carbons (Fsp3) is 0.231. The molecule has 0 N–H and O–H groups in total. The summed E-state index contributed by atoms with van der Waals surface area (Å²) in [5, 5.41) is 4.76. The fourth-order valence-corrected chi connectivity index (χ4v) is 2.07. The molecule has 0 aliphatic carbocycles. The van der Waals surface area contributed by atoms with Crippen LogP contribution in [0.3, 0.4) is 0 Å². The zero-order chi connectivity index (χ0) is 12.4. The Bertz CT molecular complexity index is 561. The molecular weight excluding hydrogens is 236 g/mol. The molecule has 17 heavy (non-hydrogen) atoms. The van der Waals surface area contributed by atoms with E-state index in [9.17, 15) is 4.79 Å². The lowest BCUT2D eigenvalue weighted by atomic mass is 10.2. The summed E-state index contributed by atoms with van der Waals surface area (Å²) in [7, 11) is 0. The van der Waals surface area contributed by atoms with Gasteiger partial charge in [0.1, 0.15) is 5.15 Å². The molecule has 2 aromatic rings. The summed E-state index contributed by atoms with van der Waals surface area (Å²) in [5.74, 6) is 0. The summed E-state index contributed by atoms with van der Waals surface area (Å²) in [6.07, 6.45) is 1.45. The van der Waals surface area contributed by atoms with Gasteiger partial charge in [-0.2, -0.15) is 5.10 Å². The second kappa shape index (κ2) is 4.72. The normalized spacial score (nSPS) is 10.5. The summed E-state index contributed by atoms with van der Waals surface area (Å²) in [4.78, 5) is 11.0. The van der Waals surface area contributed by atoms with Gasteiger partial charge in [0.05, 0.1) is 16.9 Å². The minimum absolute atomic E-state index is 0.381. The molecular formula is C13H13ClN2O. The molecule has 0 amide bonds. The first kappa shape index (κ1) is 11.9. The smallest absolute Gasteiger partial charge is 0.155 e. The van der Waals surface area contributed by atoms with Crippen LogP contribution >= 0.6 is 11.6 Å². The van der Waals surface area contributed by atoms with Crippen LogP contribution in [0.25, 0.3) is 5.69 Å². The van der Waals surface area contributed by atoms with E-state index < -0.39 is 0 Å². The van der Waals surface area contributed by atoms with Crippen LogP contribution in [-0.4, -0.2) is 16.1 Å². The molecule has 88 valence electrons. The number of carbonyl (C=O) groups is 1. The molecule has 0 atom stereocenters. The molecule has 1 heterocycles. The summed E-state index contributed by atoms with van der Waals surface area (Å²) in [6.45, 7) is 3.94. The number of aldehydes is 1. The van der Waals surface area contributed by atoms with E-state index in [0.29, 0.717) is 17.1 Å². The third-order valence-electron chi connectivity index (χ3n) is 2.74. The van der Waals surface area contributed by atoms with Gasteiger partial charge in [-0.1, -0.05) is 36.7 Å². The Morgan fingerprint density at radius 1 is 1.41 bits per heavy atom. The van der Waals surface area contributed by atoms with Crippen molar-refractivity contribution in [1.29, 1.82) is 0 Å². The number of hydrogen-bond donors (Lipinski definition) is 0. The van der Waals surface area contributed by atoms with Gasteiger partial charge in [-0.25, -0.2) is 4.68 Å². The van der Waals surface area contributed by atoms with Gasteiger partial charge in [0, 0.05) is 0 Å². The summed E-state index contributed by atoms with van der Waals surface area (Å²) in [5.41, 5.74) is 3.18. The third-order valence-corrected chi connectivity index (χ3v) is 3.10. The Hall–Kier alpha value is -1.61. The van der Waals surface area contributed by atoms with Crippen LogP contribution in [0.2, 0.25) is 5.15 Å². The number of aryl methyl sites for hydroxylation is 2. The lowest BCUT2D eigenvalue weighted by Crippen LogP contribution is -1.99. The van der Waals surface area contributed by atoms with Crippen molar-refractivity contribution in [3.8, 4) is 5.69 Å². The zero-order valence-electron chi connectivity index (χ0n) is 9.77. The van der Waals surface area contributed by atoms with E-state index in [2.05, 4.69) is 5.10 Å². The van der Waals surface area contributed by atoms with Gasteiger partial charge in [0.2, 0.25) is 0 Å². The maximum Gasteiger partial charge on any atom is 0.155 e. The van der Waals surface area contributed by atoms with Crippen LogP contribution in [0.4, 0.5) is 0 Å². The van der Waals surface area contributed by atoms with Gasteiger partial charge in [-0.3, -0.25) is 4.79 Å². The van der Waals surface area contributed by atoms with Crippen molar-refractivity contribution in [3.63, 3.8) is 0 Å². The average molecular weight is 249 g/mol. The quantitative estimate of drug-likeness (QED) is 0.782. The summed E-state index contributed by atoms with van der Waals surface area (Å²) in [6, 6.07) is 7.80. The van der Waals surface area contributed by atoms with Crippen molar-refractivity contribution in [2.45, 2.75) is 20.3 Å². The van der Waals surface area contributed by atoms with E-state index in [1.807, 2.05) is 38.1 Å². The van der Waals surface area contributed by atoms with Gasteiger partial charge >= 0.3 is 0 Å². The number of aromatic nitrogens is 2. The van der Waals surface area contributed by atoms with Crippen LogP contribution in [0.15, 0.2) is 24.3 Å². The molecule has 4 heteroatoms. The number of carbonyl (C=O) groups excluding carboxylic acids is 1. The van der Waals surface area contributed by atoms with E-state index >= 15 is 0 Å². The lowest BCUT2D eigenvalue weighted by Gasteiger charge is -2.06. The highest BCUT2D eigenvalue weighted by atomic mass is 35.5. The largest absolute Gasteiger partial charge is 0.298 e. The minimum atomic E-state index is 0.381. The van der Waals surface area contributed by atoms with E-state index in [4.69, 9.17) is 11.6 Å². The van der Waals surface area contributed by atoms with Crippen LogP contribution < -0.4 is 0 Å². The zero-order valence-corrected chi connectivity index (χ0v) is 10.5. The molecule has 0 aliphatic heterocycles. The summed E-state index contributed by atoms with van der Waals surface area (Å²) < 4.78 is 1.62. The molecule has 0 fully saturated rings. The molecule has 2 rings (SSSR count). The van der Waals surface area contributed by atoms with Gasteiger partial charge < -0.3 is 0 Å². The number of rotatable bonds is 3. The molecule has 0 bridgehead atoms. The van der Waals surface area contributed by atoms with Crippen molar-refractivity contribution in [2.75, 3.05) is 0 Å². The third kappa shape index (κ3) is 1.98. The van der Waals surface area contributed by atoms with Crippen LogP contribution in [-0.2, 0) is 6.42 Å². The van der Waals surface area contributed by atoms with E-state index in [0.717, 1.165) is 23.2 Å². The lowest BCUT2D eigenvalue weighted by molar-refractivity contribution is 0.112. The Labute approximate surface area is 105 Å². The first-order chi connectivity index (χ1) is 8.19. The molecule has 0 saturated carbocycles. The van der Waals surface area contributed by atoms with Gasteiger partial charge in [-0.05, 0) is 25.0 Å². The van der Waals surface area contributed by atoms with E-state index in [1.165, 1.54) is 0 Å². The van der Waals surface area contributed by atoms with Crippen LogP contribution in [0, 0.1) is 6.92 Å². The highest BCUT2D eigenvalue weighted by Crippen LogP contribution is 2.24. The van der Waals surface area contributed by atoms with Gasteiger partial charge in [0.15, 0.2) is 6.29 Å². The SMILES string of the molecule is CCc1nn(-c2ccccc2C)c(Cl)c1C=O. The monoisotopic (exact) mass is 248 g/mol. The molecule has 3 nitrogen and oxygen atoms in total. The molecule has 0 unspecified atom stereocenters. The van der Waals surface area contributed by atoms with Gasteiger partial charge in [0.25, 0.3) is 0 Å². The molecule has 0 aliphatic rings. The van der Waals surface area contributed by atoms with E-state index in [1.54, 1.807) is 4.68 Å². The maximum absolute atomic E-state index is 11.0. The minimum Gasteiger partial charge on any atom is -0.298 e. The number of benzene rings is 1. The molecule has 0 radical (unpaired) electrons.